The summed E-state index contributed by atoms with van der Waals surface area (Å²) in [6.07, 6.45) is 4.55. The number of amides is 1. The van der Waals surface area contributed by atoms with Crippen molar-refractivity contribution in [2.45, 2.75) is 32.2 Å². The van der Waals surface area contributed by atoms with Gasteiger partial charge in [-0.25, -0.2) is 9.97 Å². The topological polar surface area (TPSA) is 95.4 Å². The number of hydrogen-bond acceptors (Lipinski definition) is 5. The van der Waals surface area contributed by atoms with E-state index in [0.29, 0.717) is 18.8 Å². The van der Waals surface area contributed by atoms with E-state index in [1.165, 1.54) is 0 Å². The second kappa shape index (κ2) is 8.08. The maximum Gasteiger partial charge on any atom is 0.303 e. The summed E-state index contributed by atoms with van der Waals surface area (Å²) in [5, 5.41) is 11.4. The average molecular weight is 280 g/mol. The molecule has 1 atom stereocenters. The van der Waals surface area contributed by atoms with Crippen LogP contribution in [0, 0.1) is 0 Å². The Morgan fingerprint density at radius 3 is 2.65 bits per heavy atom. The van der Waals surface area contributed by atoms with Gasteiger partial charge in [0.05, 0.1) is 6.54 Å². The zero-order valence-corrected chi connectivity index (χ0v) is 11.7. The number of aromatic nitrogens is 2. The van der Waals surface area contributed by atoms with Gasteiger partial charge < -0.3 is 15.3 Å². The third-order valence-electron chi connectivity index (χ3n) is 2.71. The molecule has 0 radical (unpaired) electrons. The van der Waals surface area contributed by atoms with E-state index in [9.17, 15) is 9.59 Å². The number of carbonyl (C=O) groups excluding carboxylic acids is 1. The summed E-state index contributed by atoms with van der Waals surface area (Å²) in [5.74, 6) is -0.464. The summed E-state index contributed by atoms with van der Waals surface area (Å²) in [7, 11) is 1.74. The molecule has 7 nitrogen and oxygen atoms in total. The molecule has 1 unspecified atom stereocenters. The fraction of sp³-hybridized carbons (Fsp3) is 0.538. The fourth-order valence-electron chi connectivity index (χ4n) is 1.73. The van der Waals surface area contributed by atoms with Crippen molar-refractivity contribution in [1.29, 1.82) is 0 Å². The first-order valence-electron chi connectivity index (χ1n) is 6.48. The van der Waals surface area contributed by atoms with Crippen LogP contribution in [0.25, 0.3) is 0 Å². The van der Waals surface area contributed by atoms with Gasteiger partial charge >= 0.3 is 5.97 Å². The van der Waals surface area contributed by atoms with Crippen molar-refractivity contribution >= 4 is 17.8 Å². The van der Waals surface area contributed by atoms with Crippen LogP contribution in [0.3, 0.4) is 0 Å². The van der Waals surface area contributed by atoms with Crippen LogP contribution in [0.5, 0.6) is 0 Å². The van der Waals surface area contributed by atoms with E-state index in [1.54, 1.807) is 30.4 Å². The first kappa shape index (κ1) is 15.9. The Hall–Kier alpha value is -2.18. The zero-order chi connectivity index (χ0) is 15.0. The molecule has 1 amide bonds. The SMILES string of the molecule is CC(CCCC(=O)O)NC(=O)CN(C)c1ncccn1. The zero-order valence-electron chi connectivity index (χ0n) is 11.7. The molecule has 1 heterocycles. The highest BCUT2D eigenvalue weighted by atomic mass is 16.4. The van der Waals surface area contributed by atoms with Gasteiger partial charge in [-0.05, 0) is 25.8 Å². The predicted molar refractivity (Wildman–Crippen MR) is 74.4 cm³/mol. The lowest BCUT2D eigenvalue weighted by atomic mass is 10.1. The minimum atomic E-state index is -0.815. The summed E-state index contributed by atoms with van der Waals surface area (Å²) >= 11 is 0. The highest BCUT2D eigenvalue weighted by molar-refractivity contribution is 5.80. The number of hydrogen-bond donors (Lipinski definition) is 2. The molecule has 7 heteroatoms. The van der Waals surface area contributed by atoms with Gasteiger partial charge in [-0.15, -0.1) is 0 Å². The van der Waals surface area contributed by atoms with Gasteiger partial charge in [-0.3, -0.25) is 9.59 Å². The molecule has 110 valence electrons. The van der Waals surface area contributed by atoms with E-state index in [-0.39, 0.29) is 24.9 Å². The normalized spacial score (nSPS) is 11.7. The number of anilines is 1. The van der Waals surface area contributed by atoms with Crippen molar-refractivity contribution in [3.05, 3.63) is 18.5 Å². The average Bonchev–Trinajstić information content (AvgIpc) is 2.38. The van der Waals surface area contributed by atoms with Crippen LogP contribution >= 0.6 is 0 Å². The predicted octanol–water partition coefficient (Wildman–Crippen LogP) is 0.672. The van der Waals surface area contributed by atoms with Gasteiger partial charge in [0, 0.05) is 31.9 Å². The van der Waals surface area contributed by atoms with Gasteiger partial charge in [0.1, 0.15) is 0 Å². The van der Waals surface area contributed by atoms with Gasteiger partial charge in [0.2, 0.25) is 11.9 Å². The number of nitrogens with zero attached hydrogens (tertiary/aromatic N) is 3. The maximum atomic E-state index is 11.8. The summed E-state index contributed by atoms with van der Waals surface area (Å²) in [4.78, 5) is 32.0. The van der Waals surface area contributed by atoms with Gasteiger partial charge in [0.15, 0.2) is 0 Å². The molecular weight excluding hydrogens is 260 g/mol. The summed E-state index contributed by atoms with van der Waals surface area (Å²) in [5.41, 5.74) is 0. The van der Waals surface area contributed by atoms with Crippen molar-refractivity contribution in [1.82, 2.24) is 15.3 Å². The molecule has 0 aliphatic heterocycles. The molecule has 0 spiro atoms. The summed E-state index contributed by atoms with van der Waals surface area (Å²) < 4.78 is 0. The number of carboxylic acids is 1. The standard InChI is InChI=1S/C13H20N4O3/c1-10(5-3-6-12(19)20)16-11(18)9-17(2)13-14-7-4-8-15-13/h4,7-8,10H,3,5-6,9H2,1-2H3,(H,16,18)(H,19,20). The van der Waals surface area contributed by atoms with Crippen molar-refractivity contribution in [2.75, 3.05) is 18.5 Å². The summed E-state index contributed by atoms with van der Waals surface area (Å²) in [6.45, 7) is 2.02. The number of carbonyl (C=O) groups is 2. The molecule has 0 aliphatic rings. The number of aliphatic carboxylic acids is 1. The van der Waals surface area contributed by atoms with Crippen LogP contribution in [0.1, 0.15) is 26.2 Å². The van der Waals surface area contributed by atoms with Crippen molar-refractivity contribution in [3.63, 3.8) is 0 Å². The minimum Gasteiger partial charge on any atom is -0.481 e. The number of nitrogens with one attached hydrogen (secondary N) is 1. The molecule has 1 rings (SSSR count). The van der Waals surface area contributed by atoms with Crippen molar-refractivity contribution in [2.24, 2.45) is 0 Å². The fourth-order valence-corrected chi connectivity index (χ4v) is 1.73. The Kier molecular flexibility index (Phi) is 6.42. The molecule has 0 bridgehead atoms. The molecule has 20 heavy (non-hydrogen) atoms. The van der Waals surface area contributed by atoms with Crippen LogP contribution in [0.2, 0.25) is 0 Å². The number of rotatable bonds is 8. The smallest absolute Gasteiger partial charge is 0.303 e. The van der Waals surface area contributed by atoms with Crippen molar-refractivity contribution in [3.8, 4) is 0 Å². The molecule has 1 aromatic heterocycles. The molecule has 2 N–H and O–H groups in total. The Labute approximate surface area is 118 Å². The van der Waals surface area contributed by atoms with E-state index in [0.717, 1.165) is 0 Å². The second-order valence-electron chi connectivity index (χ2n) is 4.66. The van der Waals surface area contributed by atoms with Gasteiger partial charge in [-0.2, -0.15) is 0 Å². The van der Waals surface area contributed by atoms with Crippen LogP contribution < -0.4 is 10.2 Å². The Morgan fingerprint density at radius 2 is 2.05 bits per heavy atom. The maximum absolute atomic E-state index is 11.8. The Morgan fingerprint density at radius 1 is 1.40 bits per heavy atom. The number of likely N-dealkylation sites (N-methyl/N-ethyl adjacent to an activating group) is 1. The van der Waals surface area contributed by atoms with E-state index in [1.807, 2.05) is 6.92 Å². The largest absolute Gasteiger partial charge is 0.481 e. The number of carboxylic acid groups (broad SMARTS) is 1. The summed E-state index contributed by atoms with van der Waals surface area (Å²) in [6, 6.07) is 1.66. The van der Waals surface area contributed by atoms with E-state index in [2.05, 4.69) is 15.3 Å². The molecule has 0 fully saturated rings. The minimum absolute atomic E-state index is 0.0491. The molecule has 0 saturated carbocycles. The Bertz CT molecular complexity index is 439. The Balaban J connectivity index is 2.30. The highest BCUT2D eigenvalue weighted by Gasteiger charge is 2.12. The van der Waals surface area contributed by atoms with E-state index >= 15 is 0 Å². The quantitative estimate of drug-likeness (QED) is 0.726. The first-order chi connectivity index (χ1) is 9.49. The molecule has 0 aromatic carbocycles. The van der Waals surface area contributed by atoms with Crippen LogP contribution in [-0.2, 0) is 9.59 Å². The lowest BCUT2D eigenvalue weighted by molar-refractivity contribution is -0.137. The monoisotopic (exact) mass is 280 g/mol. The second-order valence-corrected chi connectivity index (χ2v) is 4.66. The van der Waals surface area contributed by atoms with Gasteiger partial charge in [-0.1, -0.05) is 0 Å². The van der Waals surface area contributed by atoms with Crippen LogP contribution in [0.15, 0.2) is 18.5 Å². The third-order valence-corrected chi connectivity index (χ3v) is 2.71. The molecule has 0 aliphatic carbocycles. The molecular formula is C13H20N4O3. The molecule has 0 saturated heterocycles. The van der Waals surface area contributed by atoms with Crippen LogP contribution in [-0.4, -0.2) is 46.6 Å². The molecule has 1 aromatic rings. The highest BCUT2D eigenvalue weighted by Crippen LogP contribution is 2.03. The lowest BCUT2D eigenvalue weighted by Crippen LogP contribution is -2.40. The lowest BCUT2D eigenvalue weighted by Gasteiger charge is -2.18. The van der Waals surface area contributed by atoms with E-state index in [4.69, 9.17) is 5.11 Å². The van der Waals surface area contributed by atoms with Gasteiger partial charge in [0.25, 0.3) is 0 Å². The van der Waals surface area contributed by atoms with Crippen LogP contribution in [0.4, 0.5) is 5.95 Å². The van der Waals surface area contributed by atoms with E-state index < -0.39 is 5.97 Å². The first-order valence-corrected chi connectivity index (χ1v) is 6.48. The van der Waals surface area contributed by atoms with Crippen molar-refractivity contribution < 1.29 is 14.7 Å². The third kappa shape index (κ3) is 6.12.